The average molecular weight is 285 g/mol. The van der Waals surface area contributed by atoms with Crippen molar-refractivity contribution in [1.82, 2.24) is 10.3 Å². The molecule has 0 atom stereocenters. The zero-order chi connectivity index (χ0) is 13.9. The summed E-state index contributed by atoms with van der Waals surface area (Å²) < 4.78 is 0. The molecule has 0 aliphatic heterocycles. The van der Waals surface area contributed by atoms with Gasteiger partial charge in [-0.05, 0) is 41.3 Å². The minimum absolute atomic E-state index is 0.0866. The van der Waals surface area contributed by atoms with Crippen LogP contribution in [0.3, 0.4) is 0 Å². The molecule has 0 saturated heterocycles. The van der Waals surface area contributed by atoms with E-state index in [1.54, 1.807) is 0 Å². The lowest BCUT2D eigenvalue weighted by molar-refractivity contribution is 0.0951. The maximum atomic E-state index is 12.1. The lowest BCUT2D eigenvalue weighted by atomic mass is 10.1. The number of carbonyl (C=O) groups is 1. The zero-order valence-electron chi connectivity index (χ0n) is 10.7. The first-order valence-electron chi connectivity index (χ1n) is 6.32. The lowest BCUT2D eigenvalue weighted by Crippen LogP contribution is -2.22. The maximum Gasteiger partial charge on any atom is 0.251 e. The van der Waals surface area contributed by atoms with E-state index in [0.29, 0.717) is 17.1 Å². The Morgan fingerprint density at radius 3 is 2.70 bits per heavy atom. The van der Waals surface area contributed by atoms with Crippen molar-refractivity contribution in [3.63, 3.8) is 0 Å². The highest BCUT2D eigenvalue weighted by molar-refractivity contribution is 6.30. The Kier molecular flexibility index (Phi) is 3.44. The monoisotopic (exact) mass is 284 g/mol. The fraction of sp³-hybridized carbons (Fsp3) is 0.0625. The normalized spacial score (nSPS) is 10.7. The van der Waals surface area contributed by atoms with E-state index in [9.17, 15) is 4.79 Å². The number of rotatable bonds is 3. The lowest BCUT2D eigenvalue weighted by Gasteiger charge is -2.06. The number of benzene rings is 2. The molecule has 0 unspecified atom stereocenters. The molecule has 4 heteroatoms. The van der Waals surface area contributed by atoms with Crippen LogP contribution in [0.1, 0.15) is 15.9 Å². The van der Waals surface area contributed by atoms with Gasteiger partial charge in [0.15, 0.2) is 0 Å². The number of aromatic nitrogens is 1. The predicted octanol–water partition coefficient (Wildman–Crippen LogP) is 3.75. The van der Waals surface area contributed by atoms with E-state index in [1.165, 1.54) is 0 Å². The molecule has 3 aromatic rings. The highest BCUT2D eigenvalue weighted by Gasteiger charge is 2.06. The molecular weight excluding hydrogens is 272 g/mol. The van der Waals surface area contributed by atoms with Gasteiger partial charge in [-0.1, -0.05) is 29.8 Å². The summed E-state index contributed by atoms with van der Waals surface area (Å²) in [5, 5.41) is 4.68. The third-order valence-corrected chi connectivity index (χ3v) is 3.44. The van der Waals surface area contributed by atoms with Crippen LogP contribution >= 0.6 is 11.6 Å². The van der Waals surface area contributed by atoms with Gasteiger partial charge in [0, 0.05) is 28.8 Å². The molecule has 0 aliphatic rings. The van der Waals surface area contributed by atoms with Gasteiger partial charge >= 0.3 is 0 Å². The van der Waals surface area contributed by atoms with Crippen molar-refractivity contribution in [2.75, 3.05) is 0 Å². The molecule has 0 radical (unpaired) electrons. The Hall–Kier alpha value is -2.26. The van der Waals surface area contributed by atoms with Gasteiger partial charge in [-0.25, -0.2) is 0 Å². The van der Waals surface area contributed by atoms with Gasteiger partial charge in [0.2, 0.25) is 0 Å². The van der Waals surface area contributed by atoms with E-state index in [4.69, 9.17) is 11.6 Å². The molecule has 100 valence electrons. The molecule has 0 aliphatic carbocycles. The van der Waals surface area contributed by atoms with Gasteiger partial charge in [-0.3, -0.25) is 4.79 Å². The zero-order valence-corrected chi connectivity index (χ0v) is 11.4. The second-order valence-corrected chi connectivity index (χ2v) is 5.03. The Labute approximate surface area is 121 Å². The van der Waals surface area contributed by atoms with E-state index in [1.807, 2.05) is 54.7 Å². The van der Waals surface area contributed by atoms with Crippen LogP contribution in [-0.4, -0.2) is 10.9 Å². The minimum Gasteiger partial charge on any atom is -0.361 e. The van der Waals surface area contributed by atoms with Crippen molar-refractivity contribution in [3.05, 3.63) is 70.9 Å². The molecule has 2 aromatic carbocycles. The average Bonchev–Trinajstić information content (AvgIpc) is 2.93. The Morgan fingerprint density at radius 1 is 1.10 bits per heavy atom. The molecule has 0 saturated carbocycles. The molecule has 1 heterocycles. The highest BCUT2D eigenvalue weighted by atomic mass is 35.5. The number of aromatic amines is 1. The number of hydrogen-bond donors (Lipinski definition) is 2. The molecule has 3 rings (SSSR count). The molecule has 1 amide bonds. The number of hydrogen-bond acceptors (Lipinski definition) is 1. The molecule has 3 nitrogen and oxygen atoms in total. The first-order chi connectivity index (χ1) is 9.72. The van der Waals surface area contributed by atoms with Crippen molar-refractivity contribution in [3.8, 4) is 0 Å². The summed E-state index contributed by atoms with van der Waals surface area (Å²) in [6, 6.07) is 15.0. The van der Waals surface area contributed by atoms with Crippen LogP contribution in [0.4, 0.5) is 0 Å². The van der Waals surface area contributed by atoms with Crippen molar-refractivity contribution in [2.24, 2.45) is 0 Å². The van der Waals surface area contributed by atoms with Crippen molar-refractivity contribution >= 4 is 28.4 Å². The van der Waals surface area contributed by atoms with E-state index < -0.39 is 0 Å². The second-order valence-electron chi connectivity index (χ2n) is 4.59. The Balaban J connectivity index is 1.70. The summed E-state index contributed by atoms with van der Waals surface area (Å²) in [6.07, 6.45) is 1.86. The van der Waals surface area contributed by atoms with Gasteiger partial charge in [-0.15, -0.1) is 0 Å². The summed E-state index contributed by atoms with van der Waals surface area (Å²) in [7, 11) is 0. The van der Waals surface area contributed by atoms with Crippen molar-refractivity contribution < 1.29 is 4.79 Å². The topological polar surface area (TPSA) is 44.9 Å². The number of nitrogens with one attached hydrogen (secondary N) is 2. The summed E-state index contributed by atoms with van der Waals surface area (Å²) in [4.78, 5) is 15.2. The summed E-state index contributed by atoms with van der Waals surface area (Å²) in [5.41, 5.74) is 2.63. The van der Waals surface area contributed by atoms with Crippen molar-refractivity contribution in [2.45, 2.75) is 6.54 Å². The summed E-state index contributed by atoms with van der Waals surface area (Å²) in [6.45, 7) is 0.485. The maximum absolute atomic E-state index is 12.1. The van der Waals surface area contributed by atoms with Crippen LogP contribution in [-0.2, 0) is 6.54 Å². The summed E-state index contributed by atoms with van der Waals surface area (Å²) in [5.74, 6) is -0.0866. The van der Waals surface area contributed by atoms with Crippen LogP contribution in [0.15, 0.2) is 54.7 Å². The van der Waals surface area contributed by atoms with Gasteiger partial charge in [-0.2, -0.15) is 0 Å². The SMILES string of the molecule is O=C(NCc1ccc(Cl)cc1)c1ccc2cc[nH]c2c1. The van der Waals surface area contributed by atoms with E-state index >= 15 is 0 Å². The molecule has 0 fully saturated rings. The predicted molar refractivity (Wildman–Crippen MR) is 80.9 cm³/mol. The third-order valence-electron chi connectivity index (χ3n) is 3.18. The van der Waals surface area contributed by atoms with Crippen LogP contribution in [0.25, 0.3) is 10.9 Å². The van der Waals surface area contributed by atoms with Crippen LogP contribution < -0.4 is 5.32 Å². The molecular formula is C16H13ClN2O. The Bertz CT molecular complexity index is 747. The molecule has 2 N–H and O–H groups in total. The molecule has 1 aromatic heterocycles. The number of halogens is 1. The van der Waals surface area contributed by atoms with Gasteiger partial charge < -0.3 is 10.3 Å². The fourth-order valence-electron chi connectivity index (χ4n) is 2.08. The quantitative estimate of drug-likeness (QED) is 0.756. The number of fused-ring (bicyclic) bond motifs is 1. The number of carbonyl (C=O) groups excluding carboxylic acids is 1. The largest absolute Gasteiger partial charge is 0.361 e. The van der Waals surface area contributed by atoms with Gasteiger partial charge in [0.1, 0.15) is 0 Å². The number of H-pyrrole nitrogens is 1. The van der Waals surface area contributed by atoms with Crippen molar-refractivity contribution in [1.29, 1.82) is 0 Å². The third kappa shape index (κ3) is 2.68. The van der Waals surface area contributed by atoms with Gasteiger partial charge in [0.05, 0.1) is 0 Å². The standard InChI is InChI=1S/C16H13ClN2O/c17-14-5-1-11(2-6-14)10-19-16(20)13-4-3-12-7-8-18-15(12)9-13/h1-9,18H,10H2,(H,19,20). The Morgan fingerprint density at radius 2 is 1.90 bits per heavy atom. The highest BCUT2D eigenvalue weighted by Crippen LogP contribution is 2.14. The van der Waals surface area contributed by atoms with Crippen LogP contribution in [0.2, 0.25) is 5.02 Å². The smallest absolute Gasteiger partial charge is 0.251 e. The van der Waals surface area contributed by atoms with Crippen LogP contribution in [0, 0.1) is 0 Å². The molecule has 20 heavy (non-hydrogen) atoms. The van der Waals surface area contributed by atoms with E-state index in [0.717, 1.165) is 16.5 Å². The minimum atomic E-state index is -0.0866. The first-order valence-corrected chi connectivity index (χ1v) is 6.70. The number of amides is 1. The summed E-state index contributed by atoms with van der Waals surface area (Å²) >= 11 is 5.82. The van der Waals surface area contributed by atoms with E-state index in [-0.39, 0.29) is 5.91 Å². The second kappa shape index (κ2) is 5.39. The fourth-order valence-corrected chi connectivity index (χ4v) is 2.20. The van der Waals surface area contributed by atoms with Gasteiger partial charge in [0.25, 0.3) is 5.91 Å². The van der Waals surface area contributed by atoms with Crippen LogP contribution in [0.5, 0.6) is 0 Å². The van der Waals surface area contributed by atoms with E-state index in [2.05, 4.69) is 10.3 Å². The molecule has 0 spiro atoms. The first kappa shape index (κ1) is 12.8. The molecule has 0 bridgehead atoms.